The number of nitrogens with two attached hydrogens (primary N) is 2. The molecular formula is C8H11N3O2. The Morgan fingerprint density at radius 3 is 2.31 bits per heavy atom. The lowest BCUT2D eigenvalue weighted by Crippen LogP contribution is -2.22. The molecule has 0 atom stereocenters. The van der Waals surface area contributed by atoms with E-state index < -0.39 is 5.91 Å². The van der Waals surface area contributed by atoms with Crippen LogP contribution in [0.2, 0.25) is 0 Å². The first kappa shape index (κ1) is 9.31. The zero-order chi connectivity index (χ0) is 10.2. The SMILES string of the molecule is Cc1c(C(N)=O)c(N)[nH]c(=O)c1C. The average Bonchev–Trinajstić information content (AvgIpc) is 1.99. The van der Waals surface area contributed by atoms with Gasteiger partial charge in [-0.2, -0.15) is 0 Å². The summed E-state index contributed by atoms with van der Waals surface area (Å²) in [6.07, 6.45) is 0. The third kappa shape index (κ3) is 1.40. The van der Waals surface area contributed by atoms with Gasteiger partial charge in [0.25, 0.3) is 11.5 Å². The molecule has 5 heteroatoms. The van der Waals surface area contributed by atoms with Crippen LogP contribution in [0.3, 0.4) is 0 Å². The molecule has 0 spiro atoms. The lowest BCUT2D eigenvalue weighted by molar-refractivity contribution is 0.1000. The topological polar surface area (TPSA) is 102 Å². The van der Waals surface area contributed by atoms with Crippen molar-refractivity contribution >= 4 is 11.7 Å². The van der Waals surface area contributed by atoms with Crippen molar-refractivity contribution in [2.24, 2.45) is 5.73 Å². The van der Waals surface area contributed by atoms with Crippen LogP contribution in [-0.2, 0) is 0 Å². The van der Waals surface area contributed by atoms with Gasteiger partial charge >= 0.3 is 0 Å². The average molecular weight is 181 g/mol. The van der Waals surface area contributed by atoms with Crippen LogP contribution in [0.4, 0.5) is 5.82 Å². The Bertz CT molecular complexity index is 420. The summed E-state index contributed by atoms with van der Waals surface area (Å²) >= 11 is 0. The van der Waals surface area contributed by atoms with Crippen molar-refractivity contribution in [2.45, 2.75) is 13.8 Å². The van der Waals surface area contributed by atoms with Crippen molar-refractivity contribution in [2.75, 3.05) is 5.73 Å². The maximum Gasteiger partial charge on any atom is 0.252 e. The molecule has 0 saturated carbocycles. The minimum absolute atomic E-state index is 0.0283. The van der Waals surface area contributed by atoms with Gasteiger partial charge in [-0.1, -0.05) is 0 Å². The predicted molar refractivity (Wildman–Crippen MR) is 49.5 cm³/mol. The van der Waals surface area contributed by atoms with E-state index in [0.29, 0.717) is 11.1 Å². The fourth-order valence-corrected chi connectivity index (χ4v) is 1.16. The van der Waals surface area contributed by atoms with E-state index in [-0.39, 0.29) is 16.9 Å². The van der Waals surface area contributed by atoms with Gasteiger partial charge in [0.1, 0.15) is 5.82 Å². The van der Waals surface area contributed by atoms with E-state index in [1.165, 1.54) is 0 Å². The Morgan fingerprint density at radius 2 is 1.85 bits per heavy atom. The first-order valence-corrected chi connectivity index (χ1v) is 3.74. The number of rotatable bonds is 1. The van der Waals surface area contributed by atoms with Gasteiger partial charge in [-0.3, -0.25) is 9.59 Å². The van der Waals surface area contributed by atoms with Gasteiger partial charge in [-0.15, -0.1) is 0 Å². The third-order valence-electron chi connectivity index (χ3n) is 2.04. The lowest BCUT2D eigenvalue weighted by atomic mass is 10.1. The van der Waals surface area contributed by atoms with Crippen molar-refractivity contribution in [3.8, 4) is 0 Å². The van der Waals surface area contributed by atoms with E-state index in [1.54, 1.807) is 13.8 Å². The van der Waals surface area contributed by atoms with E-state index >= 15 is 0 Å². The highest BCUT2D eigenvalue weighted by Gasteiger charge is 2.13. The molecule has 1 aromatic heterocycles. The Kier molecular flexibility index (Phi) is 2.10. The quantitative estimate of drug-likeness (QED) is 0.552. The number of aromatic nitrogens is 1. The number of hydrogen-bond donors (Lipinski definition) is 3. The number of amides is 1. The van der Waals surface area contributed by atoms with Crippen molar-refractivity contribution < 1.29 is 4.79 Å². The van der Waals surface area contributed by atoms with Gasteiger partial charge in [0.2, 0.25) is 0 Å². The summed E-state index contributed by atoms with van der Waals surface area (Å²) in [4.78, 5) is 24.4. The molecule has 13 heavy (non-hydrogen) atoms. The van der Waals surface area contributed by atoms with Crippen molar-refractivity contribution in [3.63, 3.8) is 0 Å². The zero-order valence-corrected chi connectivity index (χ0v) is 7.47. The molecule has 0 aliphatic carbocycles. The molecule has 70 valence electrons. The molecule has 0 fully saturated rings. The van der Waals surface area contributed by atoms with E-state index in [9.17, 15) is 9.59 Å². The van der Waals surface area contributed by atoms with Crippen LogP contribution < -0.4 is 17.0 Å². The van der Waals surface area contributed by atoms with Crippen LogP contribution >= 0.6 is 0 Å². The number of nitrogen functional groups attached to an aromatic ring is 1. The fraction of sp³-hybridized carbons (Fsp3) is 0.250. The van der Waals surface area contributed by atoms with Crippen LogP contribution in [0, 0.1) is 13.8 Å². The first-order chi connectivity index (χ1) is 5.95. The zero-order valence-electron chi connectivity index (χ0n) is 7.47. The van der Waals surface area contributed by atoms with E-state index in [1.807, 2.05) is 0 Å². The molecule has 1 rings (SSSR count). The largest absolute Gasteiger partial charge is 0.385 e. The maximum atomic E-state index is 11.1. The van der Waals surface area contributed by atoms with Gasteiger partial charge in [0, 0.05) is 5.56 Å². The van der Waals surface area contributed by atoms with Crippen molar-refractivity contribution in [1.29, 1.82) is 0 Å². The van der Waals surface area contributed by atoms with Crippen LogP contribution in [0.15, 0.2) is 4.79 Å². The van der Waals surface area contributed by atoms with E-state index in [2.05, 4.69) is 4.98 Å². The van der Waals surface area contributed by atoms with Crippen LogP contribution in [0.5, 0.6) is 0 Å². The molecule has 0 unspecified atom stereocenters. The number of carbonyl (C=O) groups is 1. The fourth-order valence-electron chi connectivity index (χ4n) is 1.16. The summed E-state index contributed by atoms with van der Waals surface area (Å²) in [7, 11) is 0. The molecule has 0 saturated heterocycles. The number of pyridine rings is 1. The number of carbonyl (C=O) groups excluding carboxylic acids is 1. The molecule has 0 aliphatic heterocycles. The van der Waals surface area contributed by atoms with E-state index in [4.69, 9.17) is 11.5 Å². The van der Waals surface area contributed by atoms with Gasteiger partial charge in [-0.25, -0.2) is 0 Å². The molecule has 0 bridgehead atoms. The van der Waals surface area contributed by atoms with Crippen LogP contribution in [0.25, 0.3) is 0 Å². The van der Waals surface area contributed by atoms with Gasteiger partial charge < -0.3 is 16.5 Å². The summed E-state index contributed by atoms with van der Waals surface area (Å²) in [5.41, 5.74) is 11.4. The lowest BCUT2D eigenvalue weighted by Gasteiger charge is -2.07. The standard InChI is InChI=1S/C8H11N3O2/c1-3-4(2)8(13)11-6(9)5(3)7(10)12/h1-2H3,(H2,10,12)(H3,9,11,13). The van der Waals surface area contributed by atoms with Crippen LogP contribution in [0.1, 0.15) is 21.5 Å². The summed E-state index contributed by atoms with van der Waals surface area (Å²) in [5, 5.41) is 0. The van der Waals surface area contributed by atoms with E-state index in [0.717, 1.165) is 0 Å². The summed E-state index contributed by atoms with van der Waals surface area (Å²) in [5.74, 6) is -0.602. The van der Waals surface area contributed by atoms with Gasteiger partial charge in [-0.05, 0) is 19.4 Å². The molecule has 5 nitrogen and oxygen atoms in total. The summed E-state index contributed by atoms with van der Waals surface area (Å²) in [6.45, 7) is 3.25. The Labute approximate surface area is 74.7 Å². The van der Waals surface area contributed by atoms with Gasteiger partial charge in [0.15, 0.2) is 0 Å². The number of aromatic amines is 1. The second-order valence-electron chi connectivity index (χ2n) is 2.86. The molecule has 1 heterocycles. The number of primary amides is 1. The molecule has 1 amide bonds. The monoisotopic (exact) mass is 181 g/mol. The molecule has 1 aromatic rings. The number of H-pyrrole nitrogens is 1. The van der Waals surface area contributed by atoms with Crippen LogP contribution in [-0.4, -0.2) is 10.9 Å². The highest BCUT2D eigenvalue weighted by Crippen LogP contribution is 2.13. The Morgan fingerprint density at radius 1 is 1.31 bits per heavy atom. The first-order valence-electron chi connectivity index (χ1n) is 3.74. The predicted octanol–water partition coefficient (Wildman–Crippen LogP) is -0.327. The highest BCUT2D eigenvalue weighted by molar-refractivity contribution is 5.98. The van der Waals surface area contributed by atoms with Gasteiger partial charge in [0.05, 0.1) is 5.56 Å². The Balaban J connectivity index is 3.63. The summed E-state index contributed by atoms with van der Waals surface area (Å²) in [6, 6.07) is 0. The molecule has 5 N–H and O–H groups in total. The Hall–Kier alpha value is -1.78. The third-order valence-corrected chi connectivity index (χ3v) is 2.04. The molecule has 0 aromatic carbocycles. The maximum absolute atomic E-state index is 11.1. The second-order valence-corrected chi connectivity index (χ2v) is 2.86. The number of hydrogen-bond acceptors (Lipinski definition) is 3. The molecule has 0 radical (unpaired) electrons. The normalized spacial score (nSPS) is 10.0. The number of anilines is 1. The molecular weight excluding hydrogens is 170 g/mol. The van der Waals surface area contributed by atoms with Crippen molar-refractivity contribution in [3.05, 3.63) is 27.0 Å². The summed E-state index contributed by atoms with van der Waals surface area (Å²) < 4.78 is 0. The minimum atomic E-state index is -0.630. The van der Waals surface area contributed by atoms with Crippen molar-refractivity contribution in [1.82, 2.24) is 4.98 Å². The minimum Gasteiger partial charge on any atom is -0.385 e. The number of nitrogens with one attached hydrogen (secondary N) is 1. The second kappa shape index (κ2) is 2.93. The smallest absolute Gasteiger partial charge is 0.252 e. The highest BCUT2D eigenvalue weighted by atomic mass is 16.1. The molecule has 0 aliphatic rings.